The molecule has 0 spiro atoms. The van der Waals surface area contributed by atoms with Gasteiger partial charge in [-0.25, -0.2) is 0 Å². The standard InChI is InChI=1S/C17H28N2O2/c1-3-21-17(20)8-6-4-5-7-13-19(2)14-15-9-11-16(18)12-10-15/h9-12H,3-8,13-14,18H2,1-2H3. The van der Waals surface area contributed by atoms with Crippen molar-refractivity contribution in [3.8, 4) is 0 Å². The molecule has 0 aromatic heterocycles. The van der Waals surface area contributed by atoms with E-state index in [9.17, 15) is 4.79 Å². The van der Waals surface area contributed by atoms with Crippen molar-refractivity contribution in [1.82, 2.24) is 4.90 Å². The zero-order valence-electron chi connectivity index (χ0n) is 13.3. The molecule has 2 N–H and O–H groups in total. The minimum absolute atomic E-state index is 0.0713. The van der Waals surface area contributed by atoms with Crippen LogP contribution in [-0.2, 0) is 16.1 Å². The first-order valence-corrected chi connectivity index (χ1v) is 7.80. The molecule has 0 heterocycles. The van der Waals surface area contributed by atoms with E-state index in [1.807, 2.05) is 19.1 Å². The summed E-state index contributed by atoms with van der Waals surface area (Å²) in [7, 11) is 2.13. The molecule has 0 bridgehead atoms. The predicted octanol–water partition coefficient (Wildman–Crippen LogP) is 3.21. The lowest BCUT2D eigenvalue weighted by molar-refractivity contribution is -0.143. The molecule has 0 unspecified atom stereocenters. The van der Waals surface area contributed by atoms with Crippen LogP contribution in [0.3, 0.4) is 0 Å². The third-order valence-corrected chi connectivity index (χ3v) is 3.41. The lowest BCUT2D eigenvalue weighted by atomic mass is 10.1. The fourth-order valence-corrected chi connectivity index (χ4v) is 2.25. The molecule has 0 aliphatic rings. The fourth-order valence-electron chi connectivity index (χ4n) is 2.25. The molecular weight excluding hydrogens is 264 g/mol. The van der Waals surface area contributed by atoms with Gasteiger partial charge in [0.15, 0.2) is 0 Å². The summed E-state index contributed by atoms with van der Waals surface area (Å²) in [5.74, 6) is -0.0713. The molecule has 1 aromatic rings. The Morgan fingerprint density at radius 3 is 2.48 bits per heavy atom. The normalized spacial score (nSPS) is 10.8. The molecule has 0 saturated heterocycles. The van der Waals surface area contributed by atoms with E-state index < -0.39 is 0 Å². The molecular formula is C17H28N2O2. The highest BCUT2D eigenvalue weighted by molar-refractivity contribution is 5.69. The van der Waals surface area contributed by atoms with Gasteiger partial charge in [-0.1, -0.05) is 25.0 Å². The van der Waals surface area contributed by atoms with Gasteiger partial charge in [0, 0.05) is 18.7 Å². The van der Waals surface area contributed by atoms with E-state index in [2.05, 4.69) is 24.1 Å². The molecule has 0 amide bonds. The first kappa shape index (κ1) is 17.5. The molecule has 0 aliphatic carbocycles. The maximum atomic E-state index is 11.2. The second-order valence-corrected chi connectivity index (χ2v) is 5.45. The summed E-state index contributed by atoms with van der Waals surface area (Å²) in [4.78, 5) is 13.5. The molecule has 0 aliphatic heterocycles. The Kier molecular flexibility index (Phi) is 8.51. The van der Waals surface area contributed by atoms with Gasteiger partial charge in [-0.3, -0.25) is 4.79 Å². The second-order valence-electron chi connectivity index (χ2n) is 5.45. The van der Waals surface area contributed by atoms with Crippen molar-refractivity contribution in [2.45, 2.75) is 45.6 Å². The topological polar surface area (TPSA) is 55.6 Å². The lowest BCUT2D eigenvalue weighted by Crippen LogP contribution is -2.19. The molecule has 1 aromatic carbocycles. The summed E-state index contributed by atoms with van der Waals surface area (Å²) in [6.07, 6.45) is 4.89. The summed E-state index contributed by atoms with van der Waals surface area (Å²) in [5, 5.41) is 0. The Balaban J connectivity index is 2.04. The minimum atomic E-state index is -0.0713. The highest BCUT2D eigenvalue weighted by Gasteiger charge is 2.02. The Morgan fingerprint density at radius 1 is 1.14 bits per heavy atom. The quantitative estimate of drug-likeness (QED) is 0.409. The highest BCUT2D eigenvalue weighted by atomic mass is 16.5. The number of carbonyl (C=O) groups excluding carboxylic acids is 1. The van der Waals surface area contributed by atoms with Crippen LogP contribution in [0.25, 0.3) is 0 Å². The van der Waals surface area contributed by atoms with Crippen molar-refractivity contribution in [3.63, 3.8) is 0 Å². The van der Waals surface area contributed by atoms with Gasteiger partial charge in [0.05, 0.1) is 6.61 Å². The van der Waals surface area contributed by atoms with Crippen LogP contribution in [0, 0.1) is 0 Å². The molecule has 0 fully saturated rings. The Hall–Kier alpha value is -1.55. The summed E-state index contributed by atoms with van der Waals surface area (Å²) in [6.45, 7) is 4.34. The van der Waals surface area contributed by atoms with E-state index in [-0.39, 0.29) is 5.97 Å². The van der Waals surface area contributed by atoms with Gasteiger partial charge in [-0.15, -0.1) is 0 Å². The van der Waals surface area contributed by atoms with Crippen LogP contribution in [-0.4, -0.2) is 31.1 Å². The summed E-state index contributed by atoms with van der Waals surface area (Å²) in [5.41, 5.74) is 7.77. The number of benzene rings is 1. The van der Waals surface area contributed by atoms with Crippen LogP contribution in [0.2, 0.25) is 0 Å². The van der Waals surface area contributed by atoms with Gasteiger partial charge < -0.3 is 15.4 Å². The maximum Gasteiger partial charge on any atom is 0.305 e. The number of nitrogens with zero attached hydrogens (tertiary/aromatic N) is 1. The maximum absolute atomic E-state index is 11.2. The van der Waals surface area contributed by atoms with E-state index in [1.165, 1.54) is 5.56 Å². The number of unbranched alkanes of at least 4 members (excludes halogenated alkanes) is 3. The van der Waals surface area contributed by atoms with E-state index in [1.54, 1.807) is 0 Å². The van der Waals surface area contributed by atoms with Gasteiger partial charge >= 0.3 is 5.97 Å². The number of nitrogen functional groups attached to an aromatic ring is 1. The number of hydrogen-bond acceptors (Lipinski definition) is 4. The monoisotopic (exact) mass is 292 g/mol. The van der Waals surface area contributed by atoms with Gasteiger partial charge in [0.1, 0.15) is 0 Å². The summed E-state index contributed by atoms with van der Waals surface area (Å²) >= 11 is 0. The number of nitrogens with two attached hydrogens (primary N) is 1. The van der Waals surface area contributed by atoms with Gasteiger partial charge in [-0.2, -0.15) is 0 Å². The number of carbonyl (C=O) groups is 1. The van der Waals surface area contributed by atoms with Crippen molar-refractivity contribution in [2.75, 3.05) is 25.9 Å². The summed E-state index contributed by atoms with van der Waals surface area (Å²) in [6, 6.07) is 8.04. The average Bonchev–Trinajstić information content (AvgIpc) is 2.45. The lowest BCUT2D eigenvalue weighted by Gasteiger charge is -2.16. The predicted molar refractivity (Wildman–Crippen MR) is 86.9 cm³/mol. The number of anilines is 1. The van der Waals surface area contributed by atoms with Crippen LogP contribution in [0.4, 0.5) is 5.69 Å². The van der Waals surface area contributed by atoms with Gasteiger partial charge in [0.2, 0.25) is 0 Å². The molecule has 0 saturated carbocycles. The molecule has 0 radical (unpaired) electrons. The van der Waals surface area contributed by atoms with E-state index in [4.69, 9.17) is 10.5 Å². The molecule has 4 heteroatoms. The first-order valence-electron chi connectivity index (χ1n) is 7.80. The third kappa shape index (κ3) is 8.35. The van der Waals surface area contributed by atoms with Gasteiger partial charge in [-0.05, 0) is 51.1 Å². The molecule has 0 atom stereocenters. The fraction of sp³-hybridized carbons (Fsp3) is 0.588. The Bertz CT molecular complexity index is 404. The van der Waals surface area contributed by atoms with Crippen LogP contribution in [0.15, 0.2) is 24.3 Å². The molecule has 21 heavy (non-hydrogen) atoms. The average molecular weight is 292 g/mol. The SMILES string of the molecule is CCOC(=O)CCCCCCN(C)Cc1ccc(N)cc1. The second kappa shape index (κ2) is 10.2. The van der Waals surface area contributed by atoms with Crippen LogP contribution >= 0.6 is 0 Å². The summed E-state index contributed by atoms with van der Waals surface area (Å²) < 4.78 is 4.91. The van der Waals surface area contributed by atoms with E-state index >= 15 is 0 Å². The van der Waals surface area contributed by atoms with Gasteiger partial charge in [0.25, 0.3) is 0 Å². The Labute approximate surface area is 128 Å². The van der Waals surface area contributed by atoms with Crippen molar-refractivity contribution in [3.05, 3.63) is 29.8 Å². The Morgan fingerprint density at radius 2 is 1.81 bits per heavy atom. The first-order chi connectivity index (χ1) is 10.1. The van der Waals surface area contributed by atoms with Crippen LogP contribution in [0.5, 0.6) is 0 Å². The van der Waals surface area contributed by atoms with Crippen molar-refractivity contribution in [2.24, 2.45) is 0 Å². The van der Waals surface area contributed by atoms with Crippen molar-refractivity contribution in [1.29, 1.82) is 0 Å². The number of esters is 1. The van der Waals surface area contributed by atoms with Crippen LogP contribution in [0.1, 0.15) is 44.6 Å². The van der Waals surface area contributed by atoms with E-state index in [0.717, 1.165) is 44.5 Å². The van der Waals surface area contributed by atoms with E-state index in [0.29, 0.717) is 13.0 Å². The highest BCUT2D eigenvalue weighted by Crippen LogP contribution is 2.09. The molecule has 118 valence electrons. The number of hydrogen-bond donors (Lipinski definition) is 1. The smallest absolute Gasteiger partial charge is 0.305 e. The zero-order valence-corrected chi connectivity index (χ0v) is 13.3. The third-order valence-electron chi connectivity index (χ3n) is 3.41. The van der Waals surface area contributed by atoms with Crippen LogP contribution < -0.4 is 5.73 Å². The zero-order chi connectivity index (χ0) is 15.5. The largest absolute Gasteiger partial charge is 0.466 e. The molecule has 4 nitrogen and oxygen atoms in total. The van der Waals surface area contributed by atoms with Crippen molar-refractivity contribution >= 4 is 11.7 Å². The van der Waals surface area contributed by atoms with Crippen molar-refractivity contribution < 1.29 is 9.53 Å². The number of ether oxygens (including phenoxy) is 1. The molecule has 1 rings (SSSR count). The number of rotatable bonds is 10. The minimum Gasteiger partial charge on any atom is -0.466 e.